The van der Waals surface area contributed by atoms with Crippen LogP contribution in [0.4, 0.5) is 0 Å². The molecule has 1 aliphatic carbocycles. The monoisotopic (exact) mass is 633 g/mol. The Morgan fingerprint density at radius 1 is 0.667 bits per heavy atom. The third-order valence-corrected chi connectivity index (χ3v) is 11.4. The standard InChI is InChI=1S/C46H35NS/c1-30-25-35(20-19-34(30)26-31(2)39-17-10-14-32-11-6-7-15-40(32)39)36-21-22-37-28-43(33-12-4-3-5-13-33)47(44(37)27-36)38-23-24-46-42(29-38)41-16-8-9-18-45(41)48-46/h3-29,41,45H,1-2H3/b31-26+. The van der Waals surface area contributed by atoms with Crippen LogP contribution in [-0.2, 0) is 0 Å². The molecule has 2 aliphatic rings. The summed E-state index contributed by atoms with van der Waals surface area (Å²) in [6.45, 7) is 4.45. The van der Waals surface area contributed by atoms with Gasteiger partial charge in [0.2, 0.25) is 0 Å². The van der Waals surface area contributed by atoms with Gasteiger partial charge in [-0.05, 0) is 99.5 Å². The number of hydrogen-bond donors (Lipinski definition) is 0. The predicted octanol–water partition coefficient (Wildman–Crippen LogP) is 12.7. The van der Waals surface area contributed by atoms with Crippen LogP contribution in [0.15, 0.2) is 163 Å². The average molecular weight is 634 g/mol. The molecule has 0 fully saturated rings. The van der Waals surface area contributed by atoms with Crippen LogP contribution in [-0.4, -0.2) is 9.82 Å². The molecule has 6 aromatic carbocycles. The zero-order valence-corrected chi connectivity index (χ0v) is 27.9. The Morgan fingerprint density at radius 2 is 1.46 bits per heavy atom. The van der Waals surface area contributed by atoms with E-state index in [-0.39, 0.29) is 0 Å². The third-order valence-electron chi connectivity index (χ3n) is 10.0. The summed E-state index contributed by atoms with van der Waals surface area (Å²) in [4.78, 5) is 1.39. The molecular formula is C46H35NS. The van der Waals surface area contributed by atoms with Crippen molar-refractivity contribution in [2.24, 2.45) is 0 Å². The molecule has 1 aliphatic heterocycles. The maximum Gasteiger partial charge on any atom is 0.0541 e. The lowest BCUT2D eigenvalue weighted by Crippen LogP contribution is -2.07. The lowest BCUT2D eigenvalue weighted by Gasteiger charge is -2.17. The molecule has 0 bridgehead atoms. The van der Waals surface area contributed by atoms with Crippen LogP contribution >= 0.6 is 11.8 Å². The van der Waals surface area contributed by atoms with Gasteiger partial charge in [-0.3, -0.25) is 0 Å². The van der Waals surface area contributed by atoms with Gasteiger partial charge in [-0.15, -0.1) is 11.8 Å². The highest BCUT2D eigenvalue weighted by atomic mass is 32.2. The highest BCUT2D eigenvalue weighted by Gasteiger charge is 2.31. The summed E-state index contributed by atoms with van der Waals surface area (Å²) in [7, 11) is 0. The number of nitrogens with zero attached hydrogens (tertiary/aromatic N) is 1. The van der Waals surface area contributed by atoms with E-state index in [2.05, 4.69) is 182 Å². The van der Waals surface area contributed by atoms with Crippen LogP contribution in [0.3, 0.4) is 0 Å². The lowest BCUT2D eigenvalue weighted by molar-refractivity contribution is 0.878. The normalized spacial score (nSPS) is 16.8. The quantitative estimate of drug-likeness (QED) is 0.171. The number of benzene rings is 6. The van der Waals surface area contributed by atoms with Crippen molar-refractivity contribution in [1.82, 2.24) is 4.57 Å². The summed E-state index contributed by atoms with van der Waals surface area (Å²) in [6, 6.07) is 49.2. The largest absolute Gasteiger partial charge is 0.309 e. The van der Waals surface area contributed by atoms with Gasteiger partial charge in [-0.25, -0.2) is 0 Å². The van der Waals surface area contributed by atoms with Gasteiger partial charge >= 0.3 is 0 Å². The molecule has 1 aromatic heterocycles. The molecule has 230 valence electrons. The molecule has 1 nitrogen and oxygen atoms in total. The molecule has 9 rings (SSSR count). The smallest absolute Gasteiger partial charge is 0.0541 e. The van der Waals surface area contributed by atoms with Crippen molar-refractivity contribution >= 4 is 45.1 Å². The number of thioether (sulfide) groups is 1. The summed E-state index contributed by atoms with van der Waals surface area (Å²) < 4.78 is 2.46. The van der Waals surface area contributed by atoms with Crippen molar-refractivity contribution < 1.29 is 0 Å². The van der Waals surface area contributed by atoms with Crippen molar-refractivity contribution in [3.05, 3.63) is 180 Å². The Balaban J connectivity index is 1.13. The molecule has 0 N–H and O–H groups in total. The van der Waals surface area contributed by atoms with Gasteiger partial charge in [-0.2, -0.15) is 0 Å². The fourth-order valence-electron chi connectivity index (χ4n) is 7.55. The molecule has 0 amide bonds. The van der Waals surface area contributed by atoms with Gasteiger partial charge in [0.05, 0.1) is 11.2 Å². The van der Waals surface area contributed by atoms with E-state index in [1.807, 2.05) is 11.8 Å². The molecule has 0 saturated heterocycles. The molecule has 0 spiro atoms. The van der Waals surface area contributed by atoms with E-state index in [0.29, 0.717) is 11.2 Å². The van der Waals surface area contributed by atoms with Crippen LogP contribution in [0.25, 0.3) is 61.4 Å². The first-order chi connectivity index (χ1) is 23.6. The first kappa shape index (κ1) is 28.9. The first-order valence-corrected chi connectivity index (χ1v) is 17.6. The van der Waals surface area contributed by atoms with Crippen LogP contribution < -0.4 is 0 Å². The maximum absolute atomic E-state index is 2.46. The molecule has 2 heteroatoms. The molecule has 2 unspecified atom stereocenters. The topological polar surface area (TPSA) is 4.93 Å². The van der Waals surface area contributed by atoms with E-state index in [0.717, 1.165) is 0 Å². The summed E-state index contributed by atoms with van der Waals surface area (Å²) in [5.41, 5.74) is 13.8. The summed E-state index contributed by atoms with van der Waals surface area (Å²) in [5.74, 6) is 0.423. The summed E-state index contributed by atoms with van der Waals surface area (Å²) in [5, 5.41) is 4.30. The average Bonchev–Trinajstić information content (AvgIpc) is 3.70. The number of aromatic nitrogens is 1. The van der Waals surface area contributed by atoms with Crippen molar-refractivity contribution in [3.63, 3.8) is 0 Å². The van der Waals surface area contributed by atoms with Gasteiger partial charge in [-0.1, -0.05) is 134 Å². The van der Waals surface area contributed by atoms with Gasteiger partial charge < -0.3 is 4.57 Å². The van der Waals surface area contributed by atoms with E-state index in [1.54, 1.807) is 0 Å². The van der Waals surface area contributed by atoms with Crippen molar-refractivity contribution in [2.45, 2.75) is 29.9 Å². The van der Waals surface area contributed by atoms with E-state index < -0.39 is 0 Å². The van der Waals surface area contributed by atoms with Crippen molar-refractivity contribution in [1.29, 1.82) is 0 Å². The highest BCUT2D eigenvalue weighted by Crippen LogP contribution is 2.49. The van der Waals surface area contributed by atoms with Crippen LogP contribution in [0.2, 0.25) is 0 Å². The summed E-state index contributed by atoms with van der Waals surface area (Å²) >= 11 is 1.98. The molecule has 2 heterocycles. The van der Waals surface area contributed by atoms with E-state index in [9.17, 15) is 0 Å². The number of hydrogen-bond acceptors (Lipinski definition) is 1. The van der Waals surface area contributed by atoms with E-state index >= 15 is 0 Å². The Labute approximate surface area is 286 Å². The molecule has 2 atom stereocenters. The SMILES string of the molecule is C/C(=C\c1ccc(-c2ccc3cc(-c4ccccc4)n(-c4ccc5c(c4)C4C=CC=CC4S5)c3c2)cc1C)c1cccc2ccccc12. The van der Waals surface area contributed by atoms with E-state index in [4.69, 9.17) is 0 Å². The van der Waals surface area contributed by atoms with Gasteiger partial charge in [0.1, 0.15) is 0 Å². The number of fused-ring (bicyclic) bond motifs is 5. The van der Waals surface area contributed by atoms with Crippen molar-refractivity contribution in [2.75, 3.05) is 0 Å². The fourth-order valence-corrected chi connectivity index (χ4v) is 8.87. The molecule has 48 heavy (non-hydrogen) atoms. The lowest BCUT2D eigenvalue weighted by atomic mass is 9.92. The van der Waals surface area contributed by atoms with Gasteiger partial charge in [0, 0.05) is 27.1 Å². The highest BCUT2D eigenvalue weighted by molar-refractivity contribution is 8.00. The summed E-state index contributed by atoms with van der Waals surface area (Å²) in [6.07, 6.45) is 11.4. The Hall–Kier alpha value is -5.31. The van der Waals surface area contributed by atoms with Crippen LogP contribution in [0, 0.1) is 6.92 Å². The Morgan fingerprint density at radius 3 is 2.35 bits per heavy atom. The second-order valence-corrected chi connectivity index (χ2v) is 14.3. The predicted molar refractivity (Wildman–Crippen MR) is 207 cm³/mol. The second-order valence-electron chi connectivity index (χ2n) is 13.0. The fraction of sp³-hybridized carbons (Fsp3) is 0.0870. The van der Waals surface area contributed by atoms with Crippen LogP contribution in [0.1, 0.15) is 35.1 Å². The van der Waals surface area contributed by atoms with Gasteiger partial charge in [0.15, 0.2) is 0 Å². The third kappa shape index (κ3) is 4.96. The molecule has 7 aromatic rings. The van der Waals surface area contributed by atoms with Crippen molar-refractivity contribution in [3.8, 4) is 28.1 Å². The maximum atomic E-state index is 2.46. The molecule has 0 radical (unpaired) electrons. The zero-order valence-electron chi connectivity index (χ0n) is 27.1. The number of aryl methyl sites for hydroxylation is 1. The first-order valence-electron chi connectivity index (χ1n) is 16.8. The Kier molecular flexibility index (Phi) is 7.06. The van der Waals surface area contributed by atoms with Gasteiger partial charge in [0.25, 0.3) is 0 Å². The Bertz CT molecular complexity index is 2450. The number of rotatable bonds is 5. The zero-order chi connectivity index (χ0) is 32.2. The minimum Gasteiger partial charge on any atom is -0.309 e. The molecule has 0 saturated carbocycles. The minimum absolute atomic E-state index is 0.423. The second kappa shape index (κ2) is 11.7. The van der Waals surface area contributed by atoms with E-state index in [1.165, 1.54) is 82.5 Å². The van der Waals surface area contributed by atoms with Crippen LogP contribution in [0.5, 0.6) is 0 Å². The molecular weight excluding hydrogens is 599 g/mol. The number of allylic oxidation sites excluding steroid dienone is 4. The minimum atomic E-state index is 0.423.